The lowest BCUT2D eigenvalue weighted by molar-refractivity contribution is -0.121. The zero-order valence-corrected chi connectivity index (χ0v) is 9.58. The van der Waals surface area contributed by atoms with Crippen LogP contribution in [-0.2, 0) is 9.53 Å². The summed E-state index contributed by atoms with van der Waals surface area (Å²) in [5.41, 5.74) is -0.544. The van der Waals surface area contributed by atoms with Crippen molar-refractivity contribution in [1.29, 1.82) is 0 Å². The molecule has 5 heteroatoms. The van der Waals surface area contributed by atoms with Gasteiger partial charge in [-0.3, -0.25) is 4.79 Å². The van der Waals surface area contributed by atoms with E-state index in [1.165, 1.54) is 25.3 Å². The highest BCUT2D eigenvalue weighted by Gasteiger charge is 2.21. The summed E-state index contributed by atoms with van der Waals surface area (Å²) >= 11 is 0. The van der Waals surface area contributed by atoms with Crippen molar-refractivity contribution in [1.82, 2.24) is 4.98 Å². The Balaban J connectivity index is 2.59. The van der Waals surface area contributed by atoms with Crippen LogP contribution >= 0.6 is 0 Å². The minimum atomic E-state index is -0.621. The normalized spacial score (nSPS) is 11.2. The lowest BCUT2D eigenvalue weighted by atomic mass is 10.1. The summed E-state index contributed by atoms with van der Waals surface area (Å²) in [6.07, 6.45) is 0.182. The molecule has 0 atom stereocenters. The fourth-order valence-corrected chi connectivity index (χ4v) is 1.12. The van der Waals surface area contributed by atoms with Crippen molar-refractivity contribution in [3.8, 4) is 0 Å². The summed E-state index contributed by atoms with van der Waals surface area (Å²) in [6, 6.07) is 4.23. The van der Waals surface area contributed by atoms with Crippen LogP contribution in [0.3, 0.4) is 0 Å². The molecule has 0 aromatic carbocycles. The average molecular weight is 226 g/mol. The summed E-state index contributed by atoms with van der Waals surface area (Å²) in [4.78, 5) is 15.1. The smallest absolute Gasteiger partial charge is 0.228 e. The number of nitrogens with one attached hydrogen (secondary N) is 1. The molecule has 1 aromatic heterocycles. The Morgan fingerprint density at radius 3 is 2.81 bits per heavy atom. The van der Waals surface area contributed by atoms with Gasteiger partial charge in [0.1, 0.15) is 5.82 Å². The molecule has 1 amide bonds. The number of pyridine rings is 1. The Morgan fingerprint density at radius 2 is 2.25 bits per heavy atom. The molecule has 16 heavy (non-hydrogen) atoms. The maximum Gasteiger partial charge on any atom is 0.228 e. The molecule has 0 spiro atoms. The molecule has 1 rings (SSSR count). The molecule has 1 heterocycles. The number of aromatic nitrogens is 1. The minimum absolute atomic E-state index is 0.182. The van der Waals surface area contributed by atoms with Crippen LogP contribution in [0.4, 0.5) is 10.2 Å². The Bertz CT molecular complexity index is 380. The fraction of sp³-hybridized carbons (Fsp3) is 0.455. The van der Waals surface area contributed by atoms with E-state index in [0.717, 1.165) is 0 Å². The monoisotopic (exact) mass is 226 g/mol. The van der Waals surface area contributed by atoms with E-state index in [4.69, 9.17) is 4.74 Å². The van der Waals surface area contributed by atoms with Gasteiger partial charge in [0.25, 0.3) is 0 Å². The number of methoxy groups -OCH3 is 1. The van der Waals surface area contributed by atoms with Crippen LogP contribution in [0, 0.1) is 5.95 Å². The molecule has 0 fully saturated rings. The van der Waals surface area contributed by atoms with E-state index < -0.39 is 11.5 Å². The number of ether oxygens (including phenoxy) is 1. The van der Waals surface area contributed by atoms with Crippen molar-refractivity contribution in [2.45, 2.75) is 25.9 Å². The molecular weight excluding hydrogens is 211 g/mol. The second-order valence-electron chi connectivity index (χ2n) is 4.03. The topological polar surface area (TPSA) is 51.2 Å². The molecule has 1 aromatic rings. The van der Waals surface area contributed by atoms with E-state index in [1.54, 1.807) is 13.8 Å². The van der Waals surface area contributed by atoms with Gasteiger partial charge in [0.15, 0.2) is 0 Å². The lowest BCUT2D eigenvalue weighted by Gasteiger charge is -2.21. The number of amides is 1. The number of nitrogens with zero attached hydrogens (tertiary/aromatic N) is 1. The van der Waals surface area contributed by atoms with Crippen molar-refractivity contribution in [3.63, 3.8) is 0 Å². The maximum atomic E-state index is 12.7. The van der Waals surface area contributed by atoms with Crippen LogP contribution in [0.1, 0.15) is 20.3 Å². The molecule has 0 radical (unpaired) electrons. The van der Waals surface area contributed by atoms with Crippen LogP contribution in [0.15, 0.2) is 18.2 Å². The third kappa shape index (κ3) is 3.94. The van der Waals surface area contributed by atoms with Gasteiger partial charge in [-0.15, -0.1) is 0 Å². The first-order valence-corrected chi connectivity index (χ1v) is 4.90. The molecule has 0 aliphatic carbocycles. The van der Waals surface area contributed by atoms with Crippen molar-refractivity contribution >= 4 is 11.7 Å². The Hall–Kier alpha value is -1.49. The highest BCUT2D eigenvalue weighted by Crippen LogP contribution is 2.14. The van der Waals surface area contributed by atoms with Gasteiger partial charge in [0.2, 0.25) is 11.9 Å². The number of rotatable bonds is 4. The quantitative estimate of drug-likeness (QED) is 0.798. The Morgan fingerprint density at radius 1 is 1.56 bits per heavy atom. The zero-order valence-electron chi connectivity index (χ0n) is 9.58. The fourth-order valence-electron chi connectivity index (χ4n) is 1.12. The molecule has 1 N–H and O–H groups in total. The third-order valence-corrected chi connectivity index (χ3v) is 2.12. The first-order chi connectivity index (χ1) is 7.43. The zero-order chi connectivity index (χ0) is 12.2. The van der Waals surface area contributed by atoms with Gasteiger partial charge < -0.3 is 10.1 Å². The van der Waals surface area contributed by atoms with Gasteiger partial charge in [0.05, 0.1) is 12.0 Å². The summed E-state index contributed by atoms with van der Waals surface area (Å²) < 4.78 is 17.8. The highest BCUT2D eigenvalue weighted by atomic mass is 19.1. The van der Waals surface area contributed by atoms with E-state index in [-0.39, 0.29) is 18.1 Å². The summed E-state index contributed by atoms with van der Waals surface area (Å²) in [7, 11) is 1.54. The molecule has 0 unspecified atom stereocenters. The summed E-state index contributed by atoms with van der Waals surface area (Å²) in [5, 5.41) is 2.50. The average Bonchev–Trinajstić information content (AvgIpc) is 2.16. The first-order valence-electron chi connectivity index (χ1n) is 4.90. The summed E-state index contributed by atoms with van der Waals surface area (Å²) in [6.45, 7) is 3.59. The largest absolute Gasteiger partial charge is 0.378 e. The van der Waals surface area contributed by atoms with E-state index in [0.29, 0.717) is 0 Å². The van der Waals surface area contributed by atoms with Gasteiger partial charge >= 0.3 is 0 Å². The molecular formula is C11H15FN2O2. The van der Waals surface area contributed by atoms with E-state index in [9.17, 15) is 9.18 Å². The van der Waals surface area contributed by atoms with Crippen molar-refractivity contribution in [3.05, 3.63) is 24.1 Å². The van der Waals surface area contributed by atoms with Crippen LogP contribution in [0.2, 0.25) is 0 Å². The first kappa shape index (κ1) is 12.6. The molecule has 0 bridgehead atoms. The van der Waals surface area contributed by atoms with Gasteiger partial charge in [-0.1, -0.05) is 6.07 Å². The number of hydrogen-bond acceptors (Lipinski definition) is 3. The van der Waals surface area contributed by atoms with Gasteiger partial charge in [0, 0.05) is 7.11 Å². The van der Waals surface area contributed by atoms with Gasteiger partial charge in [-0.05, 0) is 26.0 Å². The van der Waals surface area contributed by atoms with Crippen LogP contribution in [0.25, 0.3) is 0 Å². The third-order valence-electron chi connectivity index (χ3n) is 2.12. The van der Waals surface area contributed by atoms with Gasteiger partial charge in [-0.25, -0.2) is 4.98 Å². The summed E-state index contributed by atoms with van der Waals surface area (Å²) in [5.74, 6) is -0.675. The second-order valence-corrected chi connectivity index (χ2v) is 4.03. The Kier molecular flexibility index (Phi) is 3.95. The van der Waals surface area contributed by atoms with E-state index in [2.05, 4.69) is 10.3 Å². The SMILES string of the molecule is COC(C)(C)CC(=O)Nc1cccc(F)n1. The second kappa shape index (κ2) is 5.03. The lowest BCUT2D eigenvalue weighted by Crippen LogP contribution is -2.29. The van der Waals surface area contributed by atoms with Crippen LogP contribution < -0.4 is 5.32 Å². The number of hydrogen-bond donors (Lipinski definition) is 1. The number of carbonyl (C=O) groups excluding carboxylic acids is 1. The highest BCUT2D eigenvalue weighted by molar-refractivity contribution is 5.90. The standard InChI is InChI=1S/C11H15FN2O2/c1-11(2,16-3)7-10(15)14-9-6-4-5-8(12)13-9/h4-6H,7H2,1-3H3,(H,13,14,15). The number of anilines is 1. The molecule has 88 valence electrons. The van der Waals surface area contributed by atoms with Crippen molar-refractivity contribution < 1.29 is 13.9 Å². The minimum Gasteiger partial charge on any atom is -0.378 e. The molecule has 4 nitrogen and oxygen atoms in total. The van der Waals surface area contributed by atoms with Crippen LogP contribution in [0.5, 0.6) is 0 Å². The number of halogens is 1. The predicted molar refractivity (Wildman–Crippen MR) is 58.5 cm³/mol. The van der Waals surface area contributed by atoms with E-state index in [1.807, 2.05) is 0 Å². The molecule has 0 aliphatic rings. The van der Waals surface area contributed by atoms with E-state index >= 15 is 0 Å². The van der Waals surface area contributed by atoms with Crippen LogP contribution in [-0.4, -0.2) is 23.6 Å². The Labute approximate surface area is 93.8 Å². The molecule has 0 saturated carbocycles. The molecule has 0 saturated heterocycles. The van der Waals surface area contributed by atoms with Crippen molar-refractivity contribution in [2.24, 2.45) is 0 Å². The number of carbonyl (C=O) groups is 1. The molecule has 0 aliphatic heterocycles. The predicted octanol–water partition coefficient (Wildman–Crippen LogP) is 1.97. The van der Waals surface area contributed by atoms with Crippen molar-refractivity contribution in [2.75, 3.05) is 12.4 Å². The maximum absolute atomic E-state index is 12.7. The van der Waals surface area contributed by atoms with Gasteiger partial charge in [-0.2, -0.15) is 4.39 Å².